The number of nitrogens with zero attached hydrogens (tertiary/aromatic N) is 3. The Morgan fingerprint density at radius 3 is 1.27 bits per heavy atom. The summed E-state index contributed by atoms with van der Waals surface area (Å²) in [6.07, 6.45) is 0. The average Bonchev–Trinajstić information content (AvgIpc) is 3.73. The van der Waals surface area contributed by atoms with Crippen molar-refractivity contribution in [3.8, 4) is 50.8 Å². The number of hydrogen-bond acceptors (Lipinski definition) is 1. The van der Waals surface area contributed by atoms with E-state index in [4.69, 9.17) is 0 Å². The Balaban J connectivity index is 1.10. The summed E-state index contributed by atoms with van der Waals surface area (Å²) in [5.41, 5.74) is 14.5. The number of para-hydroxylation sites is 1. The molecule has 10 aromatic rings. The normalized spacial score (nSPS) is 11.4. The van der Waals surface area contributed by atoms with Crippen molar-refractivity contribution in [1.82, 2.24) is 9.13 Å². The van der Waals surface area contributed by atoms with E-state index in [9.17, 15) is 5.26 Å². The molecule has 8 aromatic carbocycles. The van der Waals surface area contributed by atoms with Crippen molar-refractivity contribution in [2.75, 3.05) is 0 Å². The van der Waals surface area contributed by atoms with Crippen LogP contribution in [0.4, 0.5) is 0 Å². The van der Waals surface area contributed by atoms with E-state index >= 15 is 0 Å². The van der Waals surface area contributed by atoms with Crippen molar-refractivity contribution in [2.45, 2.75) is 0 Å². The standard InChI is InChI=1S/C49H31N3/c50-32-33-15-26-43-45-31-39(21-28-48(45)52(49(43)29-33)41-24-18-37(19-25-41)35-11-5-2-6-12-35)38-20-27-47-44(30-38)42-13-7-8-14-46(42)51(47)40-22-16-36(17-23-40)34-9-3-1-4-10-34/h1-31H. The van der Waals surface area contributed by atoms with Crippen LogP contribution in [0.3, 0.4) is 0 Å². The maximum Gasteiger partial charge on any atom is 0.0992 e. The van der Waals surface area contributed by atoms with Gasteiger partial charge in [0.05, 0.1) is 33.7 Å². The predicted molar refractivity (Wildman–Crippen MR) is 216 cm³/mol. The molecule has 0 N–H and O–H groups in total. The molecule has 3 heteroatoms. The van der Waals surface area contributed by atoms with Crippen molar-refractivity contribution in [3.63, 3.8) is 0 Å². The van der Waals surface area contributed by atoms with E-state index in [2.05, 4.69) is 185 Å². The lowest BCUT2D eigenvalue weighted by Gasteiger charge is -2.11. The Hall–Kier alpha value is -7.15. The SMILES string of the molecule is N#Cc1ccc2c3cc(-c4ccc5c(c4)c4ccccc4n5-c4ccc(-c5ccccc5)cc4)ccc3n(-c3ccc(-c4ccccc4)cc3)c2c1. The van der Waals surface area contributed by atoms with E-state index in [0.29, 0.717) is 5.56 Å². The molecular formula is C49H31N3. The van der Waals surface area contributed by atoms with E-state index in [1.54, 1.807) is 0 Å². The summed E-state index contributed by atoms with van der Waals surface area (Å²) < 4.78 is 4.65. The van der Waals surface area contributed by atoms with Crippen LogP contribution in [-0.2, 0) is 0 Å². The molecule has 0 aliphatic rings. The van der Waals surface area contributed by atoms with Gasteiger partial charge in [0, 0.05) is 32.9 Å². The predicted octanol–water partition coefficient (Wildman–Crippen LogP) is 12.8. The molecule has 2 heterocycles. The highest BCUT2D eigenvalue weighted by atomic mass is 15.0. The molecule has 0 fully saturated rings. The topological polar surface area (TPSA) is 33.6 Å². The fourth-order valence-electron chi connectivity index (χ4n) is 7.85. The summed E-state index contributed by atoms with van der Waals surface area (Å²) >= 11 is 0. The van der Waals surface area contributed by atoms with Crippen molar-refractivity contribution in [1.29, 1.82) is 5.26 Å². The van der Waals surface area contributed by atoms with Crippen molar-refractivity contribution in [2.24, 2.45) is 0 Å². The van der Waals surface area contributed by atoms with Gasteiger partial charge >= 0.3 is 0 Å². The van der Waals surface area contributed by atoms with Crippen molar-refractivity contribution in [3.05, 3.63) is 194 Å². The van der Waals surface area contributed by atoms with Crippen LogP contribution in [0, 0.1) is 11.3 Å². The monoisotopic (exact) mass is 661 g/mol. The Kier molecular flexibility index (Phi) is 6.87. The molecule has 3 nitrogen and oxygen atoms in total. The van der Waals surface area contributed by atoms with Gasteiger partial charge in [0.25, 0.3) is 0 Å². The lowest BCUT2D eigenvalue weighted by Crippen LogP contribution is -1.94. The number of fused-ring (bicyclic) bond motifs is 6. The van der Waals surface area contributed by atoms with Gasteiger partial charge in [-0.2, -0.15) is 5.26 Å². The van der Waals surface area contributed by atoms with E-state index < -0.39 is 0 Å². The Labute approximate surface area is 301 Å². The molecule has 52 heavy (non-hydrogen) atoms. The second-order valence-corrected chi connectivity index (χ2v) is 13.3. The maximum atomic E-state index is 9.82. The minimum Gasteiger partial charge on any atom is -0.309 e. The second-order valence-electron chi connectivity index (χ2n) is 13.3. The smallest absolute Gasteiger partial charge is 0.0992 e. The lowest BCUT2D eigenvalue weighted by molar-refractivity contribution is 1.18. The van der Waals surface area contributed by atoms with E-state index in [-0.39, 0.29) is 0 Å². The van der Waals surface area contributed by atoms with Gasteiger partial charge < -0.3 is 9.13 Å². The molecule has 0 radical (unpaired) electrons. The van der Waals surface area contributed by atoms with Crippen LogP contribution < -0.4 is 0 Å². The van der Waals surface area contributed by atoms with Gasteiger partial charge in [-0.25, -0.2) is 0 Å². The van der Waals surface area contributed by atoms with Crippen LogP contribution in [0.5, 0.6) is 0 Å². The summed E-state index contributed by atoms with van der Waals surface area (Å²) in [4.78, 5) is 0. The Bertz CT molecular complexity index is 2980. The van der Waals surface area contributed by atoms with Gasteiger partial charge in [-0.1, -0.05) is 121 Å². The molecule has 0 aliphatic carbocycles. The molecule has 0 atom stereocenters. The highest BCUT2D eigenvalue weighted by Crippen LogP contribution is 2.39. The number of aromatic nitrogens is 2. The number of hydrogen-bond donors (Lipinski definition) is 0. The van der Waals surface area contributed by atoms with Gasteiger partial charge in [-0.3, -0.25) is 0 Å². The second kappa shape index (κ2) is 12.0. The first-order chi connectivity index (χ1) is 25.7. The average molecular weight is 662 g/mol. The van der Waals surface area contributed by atoms with Crippen molar-refractivity contribution >= 4 is 43.6 Å². The molecule has 0 saturated carbocycles. The number of rotatable bonds is 5. The van der Waals surface area contributed by atoms with Gasteiger partial charge in [-0.15, -0.1) is 0 Å². The molecule has 0 unspecified atom stereocenters. The summed E-state index contributed by atoms with van der Waals surface area (Å²) in [6, 6.07) is 69.2. The van der Waals surface area contributed by atoms with Crippen LogP contribution in [0.15, 0.2) is 188 Å². The molecule has 242 valence electrons. The highest BCUT2D eigenvalue weighted by Gasteiger charge is 2.17. The van der Waals surface area contributed by atoms with E-state index in [1.165, 1.54) is 49.6 Å². The van der Waals surface area contributed by atoms with Crippen molar-refractivity contribution < 1.29 is 0 Å². The van der Waals surface area contributed by atoms with Gasteiger partial charge in [0.15, 0.2) is 0 Å². The van der Waals surface area contributed by atoms with Gasteiger partial charge in [0.2, 0.25) is 0 Å². The first-order valence-electron chi connectivity index (χ1n) is 17.6. The van der Waals surface area contributed by atoms with Crippen LogP contribution in [0.2, 0.25) is 0 Å². The summed E-state index contributed by atoms with van der Waals surface area (Å²) in [7, 11) is 0. The first kappa shape index (κ1) is 29.7. The molecule has 0 spiro atoms. The fraction of sp³-hybridized carbons (Fsp3) is 0. The van der Waals surface area contributed by atoms with Crippen LogP contribution in [0.25, 0.3) is 88.4 Å². The molecule has 0 amide bonds. The number of benzene rings is 8. The van der Waals surface area contributed by atoms with Crippen LogP contribution in [-0.4, -0.2) is 9.13 Å². The molecular weight excluding hydrogens is 631 g/mol. The zero-order chi connectivity index (χ0) is 34.6. The zero-order valence-corrected chi connectivity index (χ0v) is 28.2. The lowest BCUT2D eigenvalue weighted by atomic mass is 10.0. The van der Waals surface area contributed by atoms with E-state index in [1.807, 2.05) is 18.2 Å². The molecule has 0 bridgehead atoms. The third-order valence-corrected chi connectivity index (χ3v) is 10.4. The fourth-order valence-corrected chi connectivity index (χ4v) is 7.85. The van der Waals surface area contributed by atoms with E-state index in [0.717, 1.165) is 38.7 Å². The zero-order valence-electron chi connectivity index (χ0n) is 28.2. The molecule has 10 rings (SSSR count). The first-order valence-corrected chi connectivity index (χ1v) is 17.6. The highest BCUT2D eigenvalue weighted by molar-refractivity contribution is 6.13. The quantitative estimate of drug-likeness (QED) is 0.181. The third kappa shape index (κ3) is 4.81. The Morgan fingerprint density at radius 1 is 0.308 bits per heavy atom. The largest absolute Gasteiger partial charge is 0.309 e. The number of nitriles is 1. The molecule has 2 aromatic heterocycles. The van der Waals surface area contributed by atoms with Crippen LogP contribution >= 0.6 is 0 Å². The molecule has 0 saturated heterocycles. The molecule has 0 aliphatic heterocycles. The minimum atomic E-state index is 0.647. The third-order valence-electron chi connectivity index (χ3n) is 10.4. The summed E-state index contributed by atoms with van der Waals surface area (Å²) in [6.45, 7) is 0. The summed E-state index contributed by atoms with van der Waals surface area (Å²) in [5.74, 6) is 0. The van der Waals surface area contributed by atoms with Gasteiger partial charge in [-0.05, 0) is 100 Å². The Morgan fingerprint density at radius 2 is 0.731 bits per heavy atom. The van der Waals surface area contributed by atoms with Crippen LogP contribution in [0.1, 0.15) is 5.56 Å². The summed E-state index contributed by atoms with van der Waals surface area (Å²) in [5, 5.41) is 14.6. The van der Waals surface area contributed by atoms with Gasteiger partial charge in [0.1, 0.15) is 0 Å². The minimum absolute atomic E-state index is 0.647. The maximum absolute atomic E-state index is 9.82.